The summed E-state index contributed by atoms with van der Waals surface area (Å²) in [5.74, 6) is 1.52. The number of hydrogen-bond acceptors (Lipinski definition) is 3. The van der Waals surface area contributed by atoms with E-state index in [1.165, 1.54) is 45.3 Å². The molecule has 2 fully saturated rings. The molecule has 0 aromatic heterocycles. The summed E-state index contributed by atoms with van der Waals surface area (Å²) in [6.07, 6.45) is 5.43. The lowest BCUT2D eigenvalue weighted by Crippen LogP contribution is -2.67. The number of nitrogens with two attached hydrogens (primary N) is 1. The van der Waals surface area contributed by atoms with Gasteiger partial charge in [-0.25, -0.2) is 0 Å². The highest BCUT2D eigenvalue weighted by molar-refractivity contribution is 5.03. The Labute approximate surface area is 119 Å². The summed E-state index contributed by atoms with van der Waals surface area (Å²) in [5.41, 5.74) is 6.61. The molecule has 0 spiro atoms. The second kappa shape index (κ2) is 6.11. The largest absolute Gasteiger partial charge is 0.329 e. The number of piperazine rings is 1. The maximum atomic E-state index is 6.34. The fraction of sp³-hybridized carbons (Fsp3) is 1.00. The van der Waals surface area contributed by atoms with Gasteiger partial charge in [-0.05, 0) is 38.6 Å². The van der Waals surface area contributed by atoms with Crippen LogP contribution in [-0.2, 0) is 0 Å². The van der Waals surface area contributed by atoms with E-state index in [1.807, 2.05) is 0 Å². The van der Waals surface area contributed by atoms with Crippen molar-refractivity contribution in [3.63, 3.8) is 0 Å². The molecule has 19 heavy (non-hydrogen) atoms. The zero-order valence-corrected chi connectivity index (χ0v) is 13.4. The van der Waals surface area contributed by atoms with Crippen molar-refractivity contribution in [1.82, 2.24) is 9.80 Å². The van der Waals surface area contributed by atoms with E-state index in [0.29, 0.717) is 6.04 Å². The molecular formula is C16H33N3. The van der Waals surface area contributed by atoms with E-state index >= 15 is 0 Å². The van der Waals surface area contributed by atoms with Crippen LogP contribution in [0.5, 0.6) is 0 Å². The third kappa shape index (κ3) is 2.84. The van der Waals surface area contributed by atoms with Crippen LogP contribution in [0, 0.1) is 11.8 Å². The van der Waals surface area contributed by atoms with E-state index in [-0.39, 0.29) is 5.54 Å². The molecule has 3 unspecified atom stereocenters. The molecule has 0 aromatic rings. The normalized spacial score (nSPS) is 38.8. The van der Waals surface area contributed by atoms with Crippen LogP contribution in [0.3, 0.4) is 0 Å². The van der Waals surface area contributed by atoms with E-state index < -0.39 is 0 Å². The molecule has 1 heterocycles. The first kappa shape index (κ1) is 15.3. The summed E-state index contributed by atoms with van der Waals surface area (Å²) in [4.78, 5) is 5.23. The van der Waals surface area contributed by atoms with Crippen molar-refractivity contribution in [3.05, 3.63) is 0 Å². The van der Waals surface area contributed by atoms with Crippen molar-refractivity contribution >= 4 is 0 Å². The van der Waals surface area contributed by atoms with Gasteiger partial charge < -0.3 is 10.6 Å². The Morgan fingerprint density at radius 2 is 2.00 bits per heavy atom. The summed E-state index contributed by atoms with van der Waals surface area (Å²) >= 11 is 0. The molecule has 2 aliphatic rings. The molecule has 3 atom stereocenters. The van der Waals surface area contributed by atoms with Crippen LogP contribution in [0.4, 0.5) is 0 Å². The van der Waals surface area contributed by atoms with Crippen LogP contribution in [0.25, 0.3) is 0 Å². The zero-order valence-electron chi connectivity index (χ0n) is 13.4. The minimum Gasteiger partial charge on any atom is -0.329 e. The second-order valence-electron chi connectivity index (χ2n) is 7.21. The minimum absolute atomic E-state index is 0.271. The van der Waals surface area contributed by atoms with Crippen LogP contribution in [0.15, 0.2) is 0 Å². The highest BCUT2D eigenvalue weighted by Gasteiger charge is 2.47. The third-order valence-electron chi connectivity index (χ3n) is 5.63. The molecule has 3 nitrogen and oxygen atoms in total. The second-order valence-corrected chi connectivity index (χ2v) is 7.21. The number of likely N-dealkylation sites (N-methyl/N-ethyl adjacent to an activating group) is 1. The van der Waals surface area contributed by atoms with Crippen LogP contribution in [0.2, 0.25) is 0 Å². The molecule has 112 valence electrons. The number of nitrogens with zero attached hydrogens (tertiary/aromatic N) is 2. The molecule has 0 radical (unpaired) electrons. The van der Waals surface area contributed by atoms with Crippen molar-refractivity contribution in [3.8, 4) is 0 Å². The van der Waals surface area contributed by atoms with Crippen molar-refractivity contribution in [1.29, 1.82) is 0 Å². The number of hydrogen-bond donors (Lipinski definition) is 1. The van der Waals surface area contributed by atoms with E-state index in [4.69, 9.17) is 5.73 Å². The molecule has 0 bridgehead atoms. The van der Waals surface area contributed by atoms with Gasteiger partial charge in [-0.3, -0.25) is 4.90 Å². The lowest BCUT2D eigenvalue weighted by molar-refractivity contribution is -0.0633. The molecule has 2 rings (SSSR count). The average Bonchev–Trinajstić information content (AvgIpc) is 2.38. The van der Waals surface area contributed by atoms with Crippen molar-refractivity contribution in [2.75, 3.05) is 33.2 Å². The Morgan fingerprint density at radius 1 is 1.26 bits per heavy atom. The molecule has 0 amide bonds. The summed E-state index contributed by atoms with van der Waals surface area (Å²) in [7, 11) is 2.24. The van der Waals surface area contributed by atoms with Crippen LogP contribution in [0.1, 0.15) is 46.5 Å². The summed E-state index contributed by atoms with van der Waals surface area (Å²) < 4.78 is 0. The Kier molecular flexibility index (Phi) is 4.91. The summed E-state index contributed by atoms with van der Waals surface area (Å²) in [6, 6.07) is 0.640. The quantitative estimate of drug-likeness (QED) is 0.850. The van der Waals surface area contributed by atoms with Gasteiger partial charge in [0.2, 0.25) is 0 Å². The van der Waals surface area contributed by atoms with Crippen LogP contribution < -0.4 is 5.73 Å². The highest BCUT2D eigenvalue weighted by atomic mass is 15.3. The first-order valence-corrected chi connectivity index (χ1v) is 8.16. The van der Waals surface area contributed by atoms with E-state index in [1.54, 1.807) is 0 Å². The summed E-state index contributed by atoms with van der Waals surface area (Å²) in [5, 5.41) is 0. The molecule has 2 N–H and O–H groups in total. The van der Waals surface area contributed by atoms with E-state index in [0.717, 1.165) is 18.4 Å². The summed E-state index contributed by atoms with van der Waals surface area (Å²) in [6.45, 7) is 11.6. The lowest BCUT2D eigenvalue weighted by Gasteiger charge is -2.57. The predicted octanol–water partition coefficient (Wildman–Crippen LogP) is 2.17. The van der Waals surface area contributed by atoms with Gasteiger partial charge in [0.15, 0.2) is 0 Å². The van der Waals surface area contributed by atoms with Gasteiger partial charge in [-0.15, -0.1) is 0 Å². The SMILES string of the molecule is CC(C)C1CCCCC1(CN)N1CCN(C)CC1C. The minimum atomic E-state index is 0.271. The smallest absolute Gasteiger partial charge is 0.0366 e. The van der Waals surface area contributed by atoms with Gasteiger partial charge in [0, 0.05) is 37.8 Å². The Morgan fingerprint density at radius 3 is 2.58 bits per heavy atom. The molecule has 1 aliphatic heterocycles. The molecule has 1 aliphatic carbocycles. The van der Waals surface area contributed by atoms with Gasteiger partial charge in [0.1, 0.15) is 0 Å². The fourth-order valence-corrected chi connectivity index (χ4v) is 4.73. The maximum absolute atomic E-state index is 6.34. The first-order valence-electron chi connectivity index (χ1n) is 8.16. The molecule has 1 saturated heterocycles. The Bertz CT molecular complexity index is 292. The monoisotopic (exact) mass is 267 g/mol. The van der Waals surface area contributed by atoms with Crippen molar-refractivity contribution in [2.45, 2.75) is 58.0 Å². The maximum Gasteiger partial charge on any atom is 0.0366 e. The Hall–Kier alpha value is -0.120. The zero-order chi connectivity index (χ0) is 14.0. The fourth-order valence-electron chi connectivity index (χ4n) is 4.73. The van der Waals surface area contributed by atoms with Crippen LogP contribution in [-0.4, -0.2) is 54.6 Å². The van der Waals surface area contributed by atoms with Gasteiger partial charge >= 0.3 is 0 Å². The average molecular weight is 267 g/mol. The van der Waals surface area contributed by atoms with Gasteiger partial charge in [0.25, 0.3) is 0 Å². The highest BCUT2D eigenvalue weighted by Crippen LogP contribution is 2.43. The predicted molar refractivity (Wildman–Crippen MR) is 82.2 cm³/mol. The van der Waals surface area contributed by atoms with E-state index in [2.05, 4.69) is 37.6 Å². The van der Waals surface area contributed by atoms with Gasteiger partial charge in [-0.2, -0.15) is 0 Å². The molecular weight excluding hydrogens is 234 g/mol. The van der Waals surface area contributed by atoms with Crippen LogP contribution >= 0.6 is 0 Å². The van der Waals surface area contributed by atoms with Gasteiger partial charge in [-0.1, -0.05) is 26.7 Å². The van der Waals surface area contributed by atoms with Gasteiger partial charge in [0.05, 0.1) is 0 Å². The van der Waals surface area contributed by atoms with Crippen molar-refractivity contribution in [2.24, 2.45) is 17.6 Å². The number of rotatable bonds is 3. The van der Waals surface area contributed by atoms with Crippen molar-refractivity contribution < 1.29 is 0 Å². The Balaban J connectivity index is 2.24. The molecule has 0 aromatic carbocycles. The van der Waals surface area contributed by atoms with E-state index in [9.17, 15) is 0 Å². The lowest BCUT2D eigenvalue weighted by atomic mass is 9.66. The first-order chi connectivity index (χ1) is 9.01. The standard InChI is InChI=1S/C16H33N3/c1-13(2)15-7-5-6-8-16(15,12-17)19-10-9-18(4)11-14(19)3/h13-15H,5-12,17H2,1-4H3. The molecule has 1 saturated carbocycles. The molecule has 3 heteroatoms. The third-order valence-corrected chi connectivity index (χ3v) is 5.63. The topological polar surface area (TPSA) is 32.5 Å².